The first-order valence-electron chi connectivity index (χ1n) is 8.69. The van der Waals surface area contributed by atoms with Crippen LogP contribution in [0.1, 0.15) is 28.4 Å². The molecule has 0 spiro atoms. The third-order valence-corrected chi connectivity index (χ3v) is 4.57. The number of halogens is 2. The van der Waals surface area contributed by atoms with Gasteiger partial charge in [-0.15, -0.1) is 0 Å². The third kappa shape index (κ3) is 3.62. The van der Waals surface area contributed by atoms with E-state index in [1.165, 1.54) is 23.0 Å². The average Bonchev–Trinajstić information content (AvgIpc) is 3.31. The number of aromatic nitrogens is 2. The van der Waals surface area contributed by atoms with E-state index in [0.29, 0.717) is 18.7 Å². The molecular formula is C20H16F2N4O2. The van der Waals surface area contributed by atoms with Crippen LogP contribution in [0, 0.1) is 11.6 Å². The zero-order valence-electron chi connectivity index (χ0n) is 14.7. The molecule has 0 unspecified atom stereocenters. The standard InChI is InChI=1S/C20H16F2N4O2/c21-14-4-5-18(16(22)10-14)26-7-6-17(25-26)20(28)24-15-3-1-2-12(8-15)13-9-19(27)23-11-13/h1-8,10,13H,9,11H2,(H,23,27)(H,24,28)/t13-/m0/s1. The number of carbonyl (C=O) groups excluding carboxylic acids is 2. The van der Waals surface area contributed by atoms with Gasteiger partial charge in [-0.05, 0) is 35.9 Å². The van der Waals surface area contributed by atoms with Gasteiger partial charge in [-0.1, -0.05) is 12.1 Å². The number of hydrogen-bond acceptors (Lipinski definition) is 3. The lowest BCUT2D eigenvalue weighted by atomic mass is 9.98. The fraction of sp³-hybridized carbons (Fsp3) is 0.150. The maximum absolute atomic E-state index is 13.9. The second kappa shape index (κ2) is 7.22. The third-order valence-electron chi connectivity index (χ3n) is 4.57. The molecule has 0 saturated carbocycles. The number of nitrogens with zero attached hydrogens (tertiary/aromatic N) is 2. The van der Waals surface area contributed by atoms with Gasteiger partial charge in [-0.2, -0.15) is 5.10 Å². The van der Waals surface area contributed by atoms with Crippen LogP contribution in [0.5, 0.6) is 0 Å². The molecule has 1 fully saturated rings. The Kier molecular flexibility index (Phi) is 4.60. The van der Waals surface area contributed by atoms with Gasteiger partial charge >= 0.3 is 0 Å². The first kappa shape index (κ1) is 17.8. The van der Waals surface area contributed by atoms with Crippen molar-refractivity contribution in [3.63, 3.8) is 0 Å². The van der Waals surface area contributed by atoms with Gasteiger partial charge in [0, 0.05) is 36.8 Å². The van der Waals surface area contributed by atoms with Crippen LogP contribution in [0.25, 0.3) is 5.69 Å². The number of nitrogens with one attached hydrogen (secondary N) is 2. The molecular weight excluding hydrogens is 366 g/mol. The predicted octanol–water partition coefficient (Wildman–Crippen LogP) is 3.01. The highest BCUT2D eigenvalue weighted by Crippen LogP contribution is 2.25. The summed E-state index contributed by atoms with van der Waals surface area (Å²) in [7, 11) is 0. The van der Waals surface area contributed by atoms with Crippen LogP contribution in [-0.4, -0.2) is 28.1 Å². The van der Waals surface area contributed by atoms with Crippen LogP contribution in [-0.2, 0) is 4.79 Å². The SMILES string of the molecule is O=C1C[C@H](c2cccc(NC(=O)c3ccn(-c4ccc(F)cc4F)n3)c2)CN1. The molecule has 2 aromatic carbocycles. The average molecular weight is 382 g/mol. The minimum absolute atomic E-state index is 0.0120. The van der Waals surface area contributed by atoms with Gasteiger partial charge in [0.2, 0.25) is 5.91 Å². The Morgan fingerprint density at radius 1 is 1.18 bits per heavy atom. The van der Waals surface area contributed by atoms with E-state index in [2.05, 4.69) is 15.7 Å². The van der Waals surface area contributed by atoms with E-state index < -0.39 is 17.5 Å². The van der Waals surface area contributed by atoms with E-state index >= 15 is 0 Å². The normalized spacial score (nSPS) is 16.1. The van der Waals surface area contributed by atoms with Crippen molar-refractivity contribution in [2.24, 2.45) is 0 Å². The molecule has 142 valence electrons. The summed E-state index contributed by atoms with van der Waals surface area (Å²) < 4.78 is 28.1. The highest BCUT2D eigenvalue weighted by Gasteiger charge is 2.23. The molecule has 1 atom stereocenters. The van der Waals surface area contributed by atoms with E-state index in [1.807, 2.05) is 12.1 Å². The maximum atomic E-state index is 13.9. The Hall–Kier alpha value is -3.55. The molecule has 1 aliphatic heterocycles. The summed E-state index contributed by atoms with van der Waals surface area (Å²) in [6.07, 6.45) is 1.85. The quantitative estimate of drug-likeness (QED) is 0.728. The summed E-state index contributed by atoms with van der Waals surface area (Å²) in [5.41, 5.74) is 1.66. The lowest BCUT2D eigenvalue weighted by Crippen LogP contribution is -2.14. The Labute approximate surface area is 159 Å². The van der Waals surface area contributed by atoms with Crippen molar-refractivity contribution in [2.45, 2.75) is 12.3 Å². The van der Waals surface area contributed by atoms with Crippen molar-refractivity contribution in [2.75, 3.05) is 11.9 Å². The molecule has 8 heteroatoms. The van der Waals surface area contributed by atoms with E-state index in [0.717, 1.165) is 17.7 Å². The lowest BCUT2D eigenvalue weighted by molar-refractivity contribution is -0.119. The summed E-state index contributed by atoms with van der Waals surface area (Å²) in [4.78, 5) is 23.9. The van der Waals surface area contributed by atoms with Gasteiger partial charge in [0.25, 0.3) is 5.91 Å². The van der Waals surface area contributed by atoms with Gasteiger partial charge in [-0.25, -0.2) is 13.5 Å². The van der Waals surface area contributed by atoms with Crippen molar-refractivity contribution >= 4 is 17.5 Å². The monoisotopic (exact) mass is 382 g/mol. The number of anilines is 1. The van der Waals surface area contributed by atoms with Gasteiger partial charge in [0.15, 0.2) is 11.5 Å². The molecule has 1 aliphatic rings. The second-order valence-corrected chi connectivity index (χ2v) is 6.53. The van der Waals surface area contributed by atoms with E-state index in [9.17, 15) is 18.4 Å². The highest BCUT2D eigenvalue weighted by atomic mass is 19.1. The topological polar surface area (TPSA) is 76.0 Å². The summed E-state index contributed by atoms with van der Waals surface area (Å²) in [5, 5.41) is 9.60. The number of benzene rings is 2. The van der Waals surface area contributed by atoms with Crippen LogP contribution >= 0.6 is 0 Å². The van der Waals surface area contributed by atoms with Gasteiger partial charge in [-0.3, -0.25) is 9.59 Å². The molecule has 3 aromatic rings. The minimum atomic E-state index is -0.775. The summed E-state index contributed by atoms with van der Waals surface area (Å²) in [5.74, 6) is -1.84. The molecule has 4 rings (SSSR count). The summed E-state index contributed by atoms with van der Waals surface area (Å²) in [6, 6.07) is 11.8. The van der Waals surface area contributed by atoms with Crippen molar-refractivity contribution in [3.05, 3.63) is 77.6 Å². The smallest absolute Gasteiger partial charge is 0.276 e. The maximum Gasteiger partial charge on any atom is 0.276 e. The number of amides is 2. The van der Waals surface area contributed by atoms with E-state index in [-0.39, 0.29) is 23.2 Å². The first-order chi connectivity index (χ1) is 13.5. The molecule has 0 aliphatic carbocycles. The second-order valence-electron chi connectivity index (χ2n) is 6.53. The summed E-state index contributed by atoms with van der Waals surface area (Å²) >= 11 is 0. The highest BCUT2D eigenvalue weighted by molar-refractivity contribution is 6.02. The molecule has 2 amide bonds. The zero-order chi connectivity index (χ0) is 19.7. The lowest BCUT2D eigenvalue weighted by Gasteiger charge is -2.10. The molecule has 2 N–H and O–H groups in total. The van der Waals surface area contributed by atoms with E-state index in [4.69, 9.17) is 0 Å². The van der Waals surface area contributed by atoms with Crippen LogP contribution < -0.4 is 10.6 Å². The Balaban J connectivity index is 1.50. The van der Waals surface area contributed by atoms with Crippen molar-refractivity contribution in [1.29, 1.82) is 0 Å². The fourth-order valence-corrected chi connectivity index (χ4v) is 3.15. The molecule has 1 aromatic heterocycles. The van der Waals surface area contributed by atoms with Gasteiger partial charge < -0.3 is 10.6 Å². The molecule has 6 nitrogen and oxygen atoms in total. The van der Waals surface area contributed by atoms with Gasteiger partial charge in [0.05, 0.1) is 0 Å². The van der Waals surface area contributed by atoms with Crippen LogP contribution in [0.2, 0.25) is 0 Å². The van der Waals surface area contributed by atoms with Crippen LogP contribution in [0.4, 0.5) is 14.5 Å². The van der Waals surface area contributed by atoms with Crippen LogP contribution in [0.15, 0.2) is 54.7 Å². The summed E-state index contributed by atoms with van der Waals surface area (Å²) in [6.45, 7) is 0.573. The number of rotatable bonds is 4. The predicted molar refractivity (Wildman–Crippen MR) is 98.2 cm³/mol. The van der Waals surface area contributed by atoms with E-state index in [1.54, 1.807) is 12.1 Å². The Morgan fingerprint density at radius 3 is 2.79 bits per heavy atom. The Bertz CT molecular complexity index is 1060. The van der Waals surface area contributed by atoms with Crippen molar-refractivity contribution in [1.82, 2.24) is 15.1 Å². The number of hydrogen-bond donors (Lipinski definition) is 2. The number of carbonyl (C=O) groups is 2. The molecule has 1 saturated heterocycles. The fourth-order valence-electron chi connectivity index (χ4n) is 3.15. The van der Waals surface area contributed by atoms with Crippen LogP contribution in [0.3, 0.4) is 0 Å². The van der Waals surface area contributed by atoms with Crippen molar-refractivity contribution in [3.8, 4) is 5.69 Å². The Morgan fingerprint density at radius 2 is 2.04 bits per heavy atom. The first-order valence-corrected chi connectivity index (χ1v) is 8.69. The van der Waals surface area contributed by atoms with Crippen molar-refractivity contribution < 1.29 is 18.4 Å². The zero-order valence-corrected chi connectivity index (χ0v) is 14.7. The van der Waals surface area contributed by atoms with Gasteiger partial charge in [0.1, 0.15) is 11.5 Å². The molecule has 28 heavy (non-hydrogen) atoms. The molecule has 0 radical (unpaired) electrons. The molecule has 0 bridgehead atoms. The minimum Gasteiger partial charge on any atom is -0.355 e. The molecule has 2 heterocycles. The largest absolute Gasteiger partial charge is 0.355 e.